The first-order valence-corrected chi connectivity index (χ1v) is 5.99. The molecule has 0 aliphatic carbocycles. The Labute approximate surface area is 115 Å². The fraction of sp³-hybridized carbons (Fsp3) is 0.385. The molecule has 4 nitrogen and oxygen atoms in total. The van der Waals surface area contributed by atoms with Gasteiger partial charge >= 0.3 is 5.97 Å². The van der Waals surface area contributed by atoms with E-state index in [-0.39, 0.29) is 10.7 Å². The highest BCUT2D eigenvalue weighted by Gasteiger charge is 2.37. The van der Waals surface area contributed by atoms with Crippen LogP contribution in [0.25, 0.3) is 0 Å². The minimum absolute atomic E-state index is 0.0927. The van der Waals surface area contributed by atoms with E-state index in [0.717, 1.165) is 6.07 Å². The summed E-state index contributed by atoms with van der Waals surface area (Å²) >= 11 is 5.59. The summed E-state index contributed by atoms with van der Waals surface area (Å²) in [6.45, 7) is 4.89. The zero-order valence-corrected chi connectivity index (χ0v) is 11.6. The van der Waals surface area contributed by atoms with Gasteiger partial charge in [0.15, 0.2) is 0 Å². The predicted molar refractivity (Wildman–Crippen MR) is 70.6 cm³/mol. The first kappa shape index (κ1) is 15.4. The normalized spacial score (nSPS) is 12.9. The maximum absolute atomic E-state index is 13.5. The molecule has 0 bridgehead atoms. The molecule has 0 radical (unpaired) electrons. The second-order valence-electron chi connectivity index (χ2n) is 5.25. The number of anilines is 1. The molecule has 0 heterocycles. The Morgan fingerprint density at radius 1 is 1.37 bits per heavy atom. The van der Waals surface area contributed by atoms with Gasteiger partial charge in [-0.05, 0) is 23.6 Å². The third-order valence-corrected chi connectivity index (χ3v) is 2.80. The molecule has 2 N–H and O–H groups in total. The molecule has 0 spiro atoms. The largest absolute Gasteiger partial charge is 0.481 e. The number of benzene rings is 1. The van der Waals surface area contributed by atoms with Crippen molar-refractivity contribution in [2.75, 3.05) is 5.32 Å². The summed E-state index contributed by atoms with van der Waals surface area (Å²) in [5.41, 5.74) is -0.872. The zero-order chi connectivity index (χ0) is 14.8. The summed E-state index contributed by atoms with van der Waals surface area (Å²) < 4.78 is 13.5. The van der Waals surface area contributed by atoms with Crippen molar-refractivity contribution in [1.29, 1.82) is 0 Å². The van der Waals surface area contributed by atoms with Crippen LogP contribution < -0.4 is 5.32 Å². The fourth-order valence-electron chi connectivity index (χ4n) is 1.67. The van der Waals surface area contributed by atoms with Crippen molar-refractivity contribution in [3.8, 4) is 0 Å². The number of halogens is 2. The average Bonchev–Trinajstić information content (AvgIpc) is 2.19. The second kappa shape index (κ2) is 5.57. The summed E-state index contributed by atoms with van der Waals surface area (Å²) in [6, 6.07) is 3.74. The van der Waals surface area contributed by atoms with Crippen molar-refractivity contribution < 1.29 is 19.1 Å². The predicted octanol–water partition coefficient (Wildman–Crippen LogP) is 3.16. The Bertz CT molecular complexity index is 511. The molecule has 19 heavy (non-hydrogen) atoms. The monoisotopic (exact) mass is 287 g/mol. The van der Waals surface area contributed by atoms with Gasteiger partial charge in [0.1, 0.15) is 11.7 Å². The van der Waals surface area contributed by atoms with Crippen LogP contribution in [0.5, 0.6) is 0 Å². The number of nitrogens with one attached hydrogen (secondary N) is 1. The molecule has 1 amide bonds. The molecule has 0 saturated carbocycles. The Morgan fingerprint density at radius 2 is 1.95 bits per heavy atom. The molecular weight excluding hydrogens is 273 g/mol. The molecule has 1 aromatic carbocycles. The SMILES string of the molecule is CC(C)(C)C(C(=O)O)C(=O)Nc1ccc(Cl)cc1F. The molecular formula is C13H15ClFNO3. The lowest BCUT2D eigenvalue weighted by Crippen LogP contribution is -2.39. The van der Waals surface area contributed by atoms with E-state index in [0.29, 0.717) is 0 Å². The first-order valence-electron chi connectivity index (χ1n) is 5.61. The molecule has 1 atom stereocenters. The number of carbonyl (C=O) groups excluding carboxylic acids is 1. The summed E-state index contributed by atoms with van der Waals surface area (Å²) in [5, 5.41) is 11.6. The lowest BCUT2D eigenvalue weighted by atomic mass is 9.80. The fourth-order valence-corrected chi connectivity index (χ4v) is 1.83. The highest BCUT2D eigenvalue weighted by Crippen LogP contribution is 2.28. The molecule has 0 aliphatic heterocycles. The van der Waals surface area contributed by atoms with Gasteiger partial charge in [0.25, 0.3) is 0 Å². The third kappa shape index (κ3) is 3.92. The Balaban J connectivity index is 2.97. The molecule has 6 heteroatoms. The smallest absolute Gasteiger partial charge is 0.316 e. The van der Waals surface area contributed by atoms with Crippen LogP contribution in [-0.2, 0) is 9.59 Å². The maximum Gasteiger partial charge on any atom is 0.316 e. The summed E-state index contributed by atoms with van der Waals surface area (Å²) in [5.74, 6) is -4.00. The standard InChI is InChI=1S/C13H15ClFNO3/c1-13(2,3)10(12(18)19)11(17)16-9-5-4-7(14)6-8(9)15/h4-6,10H,1-3H3,(H,16,17)(H,18,19). The van der Waals surface area contributed by atoms with Gasteiger partial charge in [-0.15, -0.1) is 0 Å². The summed E-state index contributed by atoms with van der Waals surface area (Å²) in [4.78, 5) is 23.1. The topological polar surface area (TPSA) is 66.4 Å². The van der Waals surface area contributed by atoms with Gasteiger partial charge in [-0.3, -0.25) is 9.59 Å². The minimum Gasteiger partial charge on any atom is -0.481 e. The lowest BCUT2D eigenvalue weighted by Gasteiger charge is -2.25. The van der Waals surface area contributed by atoms with Gasteiger partial charge in [-0.1, -0.05) is 32.4 Å². The van der Waals surface area contributed by atoms with Gasteiger partial charge in [0, 0.05) is 5.02 Å². The molecule has 0 aliphatic rings. The van der Waals surface area contributed by atoms with Gasteiger partial charge in [-0.25, -0.2) is 4.39 Å². The van der Waals surface area contributed by atoms with Crippen LogP contribution in [0.3, 0.4) is 0 Å². The van der Waals surface area contributed by atoms with E-state index in [2.05, 4.69) is 5.32 Å². The van der Waals surface area contributed by atoms with Crippen LogP contribution in [0.1, 0.15) is 20.8 Å². The zero-order valence-electron chi connectivity index (χ0n) is 10.8. The maximum atomic E-state index is 13.5. The quantitative estimate of drug-likeness (QED) is 0.839. The Morgan fingerprint density at radius 3 is 2.37 bits per heavy atom. The molecule has 0 fully saturated rings. The average molecular weight is 288 g/mol. The number of hydrogen-bond donors (Lipinski definition) is 2. The molecule has 0 aromatic heterocycles. The van der Waals surface area contributed by atoms with E-state index in [1.165, 1.54) is 12.1 Å². The third-order valence-electron chi connectivity index (χ3n) is 2.56. The van der Waals surface area contributed by atoms with Crippen LogP contribution in [0, 0.1) is 17.2 Å². The van der Waals surface area contributed by atoms with Crippen molar-refractivity contribution in [1.82, 2.24) is 0 Å². The highest BCUT2D eigenvalue weighted by molar-refractivity contribution is 6.30. The van der Waals surface area contributed by atoms with Gasteiger partial charge < -0.3 is 10.4 Å². The number of rotatable bonds is 3. The van der Waals surface area contributed by atoms with E-state index in [1.807, 2.05) is 0 Å². The molecule has 1 rings (SSSR count). The van der Waals surface area contributed by atoms with Crippen molar-refractivity contribution in [2.24, 2.45) is 11.3 Å². The van der Waals surface area contributed by atoms with E-state index in [4.69, 9.17) is 16.7 Å². The number of aliphatic carboxylic acids is 1. The van der Waals surface area contributed by atoms with Crippen molar-refractivity contribution >= 4 is 29.2 Å². The van der Waals surface area contributed by atoms with E-state index in [9.17, 15) is 14.0 Å². The molecule has 1 aromatic rings. The van der Waals surface area contributed by atoms with Crippen LogP contribution >= 0.6 is 11.6 Å². The lowest BCUT2D eigenvalue weighted by molar-refractivity contribution is -0.149. The van der Waals surface area contributed by atoms with E-state index in [1.54, 1.807) is 20.8 Å². The number of hydrogen-bond acceptors (Lipinski definition) is 2. The van der Waals surface area contributed by atoms with Crippen LogP contribution in [0.2, 0.25) is 5.02 Å². The number of carboxylic acids is 1. The number of carboxylic acid groups (broad SMARTS) is 1. The molecule has 104 valence electrons. The first-order chi connectivity index (χ1) is 8.62. The Hall–Kier alpha value is -1.62. The number of carbonyl (C=O) groups is 2. The van der Waals surface area contributed by atoms with Crippen molar-refractivity contribution in [2.45, 2.75) is 20.8 Å². The van der Waals surface area contributed by atoms with Gasteiger partial charge in [-0.2, -0.15) is 0 Å². The van der Waals surface area contributed by atoms with Gasteiger partial charge in [0.2, 0.25) is 5.91 Å². The van der Waals surface area contributed by atoms with E-state index < -0.39 is 29.0 Å². The van der Waals surface area contributed by atoms with Crippen LogP contribution in [0.15, 0.2) is 18.2 Å². The Kier molecular flexibility index (Phi) is 4.52. The van der Waals surface area contributed by atoms with Crippen LogP contribution in [-0.4, -0.2) is 17.0 Å². The van der Waals surface area contributed by atoms with E-state index >= 15 is 0 Å². The number of amides is 1. The van der Waals surface area contributed by atoms with Crippen molar-refractivity contribution in [3.63, 3.8) is 0 Å². The minimum atomic E-state index is -1.28. The van der Waals surface area contributed by atoms with Crippen molar-refractivity contribution in [3.05, 3.63) is 29.0 Å². The highest BCUT2D eigenvalue weighted by atomic mass is 35.5. The molecule has 1 unspecified atom stereocenters. The summed E-state index contributed by atoms with van der Waals surface area (Å²) in [6.07, 6.45) is 0. The second-order valence-corrected chi connectivity index (χ2v) is 5.69. The van der Waals surface area contributed by atoms with Gasteiger partial charge in [0.05, 0.1) is 5.69 Å². The summed E-state index contributed by atoms with van der Waals surface area (Å²) in [7, 11) is 0. The van der Waals surface area contributed by atoms with Crippen LogP contribution in [0.4, 0.5) is 10.1 Å². The molecule has 0 saturated heterocycles.